The Balaban J connectivity index is 1.42. The van der Waals surface area contributed by atoms with E-state index in [0.717, 1.165) is 32.7 Å². The van der Waals surface area contributed by atoms with Gasteiger partial charge in [-0.05, 0) is 12.1 Å². The minimum Gasteiger partial charge on any atom is -0.378 e. The molecule has 0 unspecified atom stereocenters. The molecule has 1 aromatic rings. The summed E-state index contributed by atoms with van der Waals surface area (Å²) < 4.78 is 19.1. The van der Waals surface area contributed by atoms with E-state index in [1.54, 1.807) is 6.07 Å². The van der Waals surface area contributed by atoms with Crippen molar-refractivity contribution in [1.29, 1.82) is 0 Å². The van der Waals surface area contributed by atoms with E-state index in [1.807, 2.05) is 17.0 Å². The zero-order valence-electron chi connectivity index (χ0n) is 13.4. The zero-order chi connectivity index (χ0) is 16.1. The van der Waals surface area contributed by atoms with Crippen LogP contribution in [0, 0.1) is 5.82 Å². The van der Waals surface area contributed by atoms with Crippen molar-refractivity contribution >= 4 is 11.6 Å². The molecule has 0 radical (unpaired) electrons. The van der Waals surface area contributed by atoms with Crippen molar-refractivity contribution in [1.82, 2.24) is 9.80 Å². The van der Waals surface area contributed by atoms with Crippen molar-refractivity contribution in [2.45, 2.75) is 6.42 Å². The third-order valence-corrected chi connectivity index (χ3v) is 4.57. The van der Waals surface area contributed by atoms with Gasteiger partial charge in [-0.2, -0.15) is 0 Å². The molecule has 2 aliphatic heterocycles. The van der Waals surface area contributed by atoms with Crippen molar-refractivity contribution in [3.8, 4) is 0 Å². The summed E-state index contributed by atoms with van der Waals surface area (Å²) in [5.41, 5.74) is 0.677. The van der Waals surface area contributed by atoms with E-state index in [1.165, 1.54) is 6.07 Å². The molecular formula is C17H24FN3O2. The summed E-state index contributed by atoms with van der Waals surface area (Å²) in [4.78, 5) is 18.4. The average Bonchev–Trinajstić information content (AvgIpc) is 2.61. The number of amides is 1. The van der Waals surface area contributed by atoms with Gasteiger partial charge in [-0.15, -0.1) is 0 Å². The fraction of sp³-hybridized carbons (Fsp3) is 0.588. The predicted molar refractivity (Wildman–Crippen MR) is 87.1 cm³/mol. The number of rotatable bonds is 4. The highest BCUT2D eigenvalue weighted by molar-refractivity contribution is 5.76. The van der Waals surface area contributed by atoms with E-state index >= 15 is 0 Å². The summed E-state index contributed by atoms with van der Waals surface area (Å²) >= 11 is 0. The van der Waals surface area contributed by atoms with Gasteiger partial charge in [0.25, 0.3) is 0 Å². The first kappa shape index (κ1) is 16.2. The molecule has 2 heterocycles. The molecule has 126 valence electrons. The SMILES string of the molecule is O=C(CCN1CCN(c2ccccc2F)CC1)N1CCOCC1. The lowest BCUT2D eigenvalue weighted by molar-refractivity contribution is -0.135. The number of benzene rings is 1. The van der Waals surface area contributed by atoms with Gasteiger partial charge in [-0.25, -0.2) is 4.39 Å². The third-order valence-electron chi connectivity index (χ3n) is 4.57. The van der Waals surface area contributed by atoms with E-state index in [9.17, 15) is 9.18 Å². The Morgan fingerprint density at radius 1 is 1.04 bits per heavy atom. The largest absolute Gasteiger partial charge is 0.378 e. The van der Waals surface area contributed by atoms with Crippen LogP contribution in [0.15, 0.2) is 24.3 Å². The number of hydrogen-bond acceptors (Lipinski definition) is 4. The normalized spacial score (nSPS) is 19.9. The molecule has 3 rings (SSSR count). The topological polar surface area (TPSA) is 36.0 Å². The number of piperazine rings is 1. The number of morpholine rings is 1. The van der Waals surface area contributed by atoms with Gasteiger partial charge >= 0.3 is 0 Å². The molecule has 2 saturated heterocycles. The monoisotopic (exact) mass is 321 g/mol. The molecule has 0 atom stereocenters. The molecule has 0 aliphatic carbocycles. The summed E-state index contributed by atoms with van der Waals surface area (Å²) in [6, 6.07) is 6.91. The van der Waals surface area contributed by atoms with Crippen LogP contribution in [0.1, 0.15) is 6.42 Å². The lowest BCUT2D eigenvalue weighted by Gasteiger charge is -2.36. The van der Waals surface area contributed by atoms with E-state index in [4.69, 9.17) is 4.74 Å². The number of para-hydroxylation sites is 1. The molecule has 1 amide bonds. The Labute approximate surface area is 136 Å². The quantitative estimate of drug-likeness (QED) is 0.835. The van der Waals surface area contributed by atoms with E-state index < -0.39 is 0 Å². The Bertz CT molecular complexity index is 526. The summed E-state index contributed by atoms with van der Waals surface area (Å²) in [5.74, 6) is 0.0493. The number of carbonyl (C=O) groups is 1. The number of anilines is 1. The van der Waals surface area contributed by atoms with Gasteiger partial charge in [0, 0.05) is 52.2 Å². The van der Waals surface area contributed by atoms with E-state index in [0.29, 0.717) is 38.4 Å². The molecular weight excluding hydrogens is 297 g/mol. The molecule has 2 aliphatic rings. The number of hydrogen-bond donors (Lipinski definition) is 0. The second kappa shape index (κ2) is 7.75. The number of ether oxygens (including phenoxy) is 1. The van der Waals surface area contributed by atoms with Gasteiger partial charge in [-0.3, -0.25) is 9.69 Å². The summed E-state index contributed by atoms with van der Waals surface area (Å²) in [5, 5.41) is 0. The Hall–Kier alpha value is -1.66. The maximum atomic E-state index is 13.8. The van der Waals surface area contributed by atoms with Crippen LogP contribution in [0.2, 0.25) is 0 Å². The minimum absolute atomic E-state index is 0.163. The summed E-state index contributed by atoms with van der Waals surface area (Å²) in [6.45, 7) is 6.82. The van der Waals surface area contributed by atoms with E-state index in [2.05, 4.69) is 9.80 Å². The Morgan fingerprint density at radius 3 is 2.43 bits per heavy atom. The van der Waals surface area contributed by atoms with Crippen molar-refractivity contribution in [2.24, 2.45) is 0 Å². The number of carbonyl (C=O) groups excluding carboxylic acids is 1. The van der Waals surface area contributed by atoms with E-state index in [-0.39, 0.29) is 11.7 Å². The molecule has 2 fully saturated rings. The fourth-order valence-electron chi connectivity index (χ4n) is 3.15. The van der Waals surface area contributed by atoms with Crippen molar-refractivity contribution < 1.29 is 13.9 Å². The van der Waals surface area contributed by atoms with Gasteiger partial charge in [0.1, 0.15) is 5.82 Å². The van der Waals surface area contributed by atoms with Crippen LogP contribution in [0.25, 0.3) is 0 Å². The molecule has 1 aromatic carbocycles. The van der Waals surface area contributed by atoms with Gasteiger partial charge in [-0.1, -0.05) is 12.1 Å². The maximum absolute atomic E-state index is 13.8. The zero-order valence-corrected chi connectivity index (χ0v) is 13.4. The first-order valence-electron chi connectivity index (χ1n) is 8.31. The number of nitrogens with zero attached hydrogens (tertiary/aromatic N) is 3. The molecule has 0 aromatic heterocycles. The van der Waals surface area contributed by atoms with Crippen molar-refractivity contribution in [2.75, 3.05) is 63.9 Å². The highest BCUT2D eigenvalue weighted by Crippen LogP contribution is 2.20. The lowest BCUT2D eigenvalue weighted by Crippen LogP contribution is -2.48. The highest BCUT2D eigenvalue weighted by Gasteiger charge is 2.21. The molecule has 0 N–H and O–H groups in total. The molecule has 23 heavy (non-hydrogen) atoms. The minimum atomic E-state index is -0.163. The Morgan fingerprint density at radius 2 is 1.74 bits per heavy atom. The van der Waals surface area contributed by atoms with Crippen LogP contribution in [0.4, 0.5) is 10.1 Å². The average molecular weight is 321 g/mol. The van der Waals surface area contributed by atoms with Crippen LogP contribution in [-0.2, 0) is 9.53 Å². The first-order chi connectivity index (χ1) is 11.2. The highest BCUT2D eigenvalue weighted by atomic mass is 19.1. The van der Waals surface area contributed by atoms with Gasteiger partial charge in [0.05, 0.1) is 18.9 Å². The lowest BCUT2D eigenvalue weighted by atomic mass is 10.2. The smallest absolute Gasteiger partial charge is 0.224 e. The van der Waals surface area contributed by atoms with Gasteiger partial charge in [0.2, 0.25) is 5.91 Å². The van der Waals surface area contributed by atoms with Crippen molar-refractivity contribution in [3.05, 3.63) is 30.1 Å². The molecule has 6 heteroatoms. The van der Waals surface area contributed by atoms with Crippen LogP contribution in [0.5, 0.6) is 0 Å². The summed E-state index contributed by atoms with van der Waals surface area (Å²) in [7, 11) is 0. The second-order valence-corrected chi connectivity index (χ2v) is 6.02. The van der Waals surface area contributed by atoms with Gasteiger partial charge in [0.15, 0.2) is 0 Å². The second-order valence-electron chi connectivity index (χ2n) is 6.02. The van der Waals surface area contributed by atoms with Gasteiger partial charge < -0.3 is 14.5 Å². The van der Waals surface area contributed by atoms with Crippen LogP contribution in [0.3, 0.4) is 0 Å². The fourth-order valence-corrected chi connectivity index (χ4v) is 3.15. The molecule has 0 bridgehead atoms. The molecule has 0 spiro atoms. The maximum Gasteiger partial charge on any atom is 0.224 e. The number of halogens is 1. The van der Waals surface area contributed by atoms with Crippen LogP contribution >= 0.6 is 0 Å². The van der Waals surface area contributed by atoms with Crippen LogP contribution in [-0.4, -0.2) is 74.7 Å². The van der Waals surface area contributed by atoms with Crippen molar-refractivity contribution in [3.63, 3.8) is 0 Å². The third kappa shape index (κ3) is 4.20. The molecule has 0 saturated carbocycles. The first-order valence-corrected chi connectivity index (χ1v) is 8.31. The van der Waals surface area contributed by atoms with Crippen LogP contribution < -0.4 is 4.90 Å². The summed E-state index contributed by atoms with van der Waals surface area (Å²) in [6.07, 6.45) is 0.555. The molecule has 5 nitrogen and oxygen atoms in total. The standard InChI is InChI=1S/C17H24FN3O2/c18-15-3-1-2-4-16(15)20-9-7-19(8-10-20)6-5-17(22)21-11-13-23-14-12-21/h1-4H,5-14H2. The predicted octanol–water partition coefficient (Wildman–Crippen LogP) is 1.20. The Kier molecular flexibility index (Phi) is 5.46.